The van der Waals surface area contributed by atoms with E-state index in [-0.39, 0.29) is 22.8 Å². The Bertz CT molecular complexity index is 1230. The van der Waals surface area contributed by atoms with Crippen LogP contribution in [0, 0.1) is 10.1 Å². The van der Waals surface area contributed by atoms with Crippen LogP contribution in [-0.4, -0.2) is 28.8 Å². The second-order valence-electron chi connectivity index (χ2n) is 7.62. The van der Waals surface area contributed by atoms with Gasteiger partial charge in [0.25, 0.3) is 11.6 Å². The Morgan fingerprint density at radius 1 is 0.943 bits per heavy atom. The van der Waals surface area contributed by atoms with Gasteiger partial charge in [-0.15, -0.1) is 0 Å². The van der Waals surface area contributed by atoms with E-state index in [0.717, 1.165) is 11.6 Å². The molecule has 35 heavy (non-hydrogen) atoms. The van der Waals surface area contributed by atoms with Crippen molar-refractivity contribution in [3.63, 3.8) is 0 Å². The molecule has 0 aliphatic rings. The predicted octanol–water partition coefficient (Wildman–Crippen LogP) is 4.35. The van der Waals surface area contributed by atoms with Gasteiger partial charge in [-0.2, -0.15) is 0 Å². The number of anilines is 3. The summed E-state index contributed by atoms with van der Waals surface area (Å²) in [5.41, 5.74) is 1.86. The highest BCUT2D eigenvalue weighted by Gasteiger charge is 2.22. The number of amides is 2. The van der Waals surface area contributed by atoms with Crippen LogP contribution in [0.15, 0.2) is 72.8 Å². The maximum absolute atomic E-state index is 12.5. The minimum absolute atomic E-state index is 0.0544. The maximum atomic E-state index is 12.5. The summed E-state index contributed by atoms with van der Waals surface area (Å²) < 4.78 is 5.20. The first-order chi connectivity index (χ1) is 16.7. The summed E-state index contributed by atoms with van der Waals surface area (Å²) in [5.74, 6) is -1.67. The third-order valence-corrected chi connectivity index (χ3v) is 4.88. The van der Waals surface area contributed by atoms with Crippen molar-refractivity contribution >= 4 is 40.5 Å². The first-order valence-electron chi connectivity index (χ1n) is 10.7. The van der Waals surface area contributed by atoms with Crippen LogP contribution in [0.3, 0.4) is 0 Å². The average Bonchev–Trinajstić information content (AvgIpc) is 2.84. The molecule has 0 saturated heterocycles. The number of carbonyl (C=O) groups is 3. The summed E-state index contributed by atoms with van der Waals surface area (Å²) >= 11 is 0. The van der Waals surface area contributed by atoms with Crippen molar-refractivity contribution < 1.29 is 24.0 Å². The van der Waals surface area contributed by atoms with E-state index in [1.807, 2.05) is 30.3 Å². The lowest BCUT2D eigenvalue weighted by Gasteiger charge is -2.14. The second-order valence-corrected chi connectivity index (χ2v) is 7.62. The zero-order valence-electron chi connectivity index (χ0n) is 19.1. The zero-order valence-corrected chi connectivity index (χ0v) is 19.1. The Morgan fingerprint density at radius 3 is 2.17 bits per heavy atom. The van der Waals surface area contributed by atoms with Crippen molar-refractivity contribution in [3.05, 3.63) is 94.0 Å². The third kappa shape index (κ3) is 7.13. The molecular formula is C25H24N4O6. The molecule has 3 aromatic carbocycles. The molecule has 10 heteroatoms. The fraction of sp³-hybridized carbons (Fsp3) is 0.160. The van der Waals surface area contributed by atoms with Crippen LogP contribution in [-0.2, 0) is 20.9 Å². The van der Waals surface area contributed by atoms with Gasteiger partial charge in [0.1, 0.15) is 5.69 Å². The number of nitrogens with zero attached hydrogens (tertiary/aromatic N) is 1. The number of nitrogens with one attached hydrogen (secondary N) is 3. The molecule has 3 aromatic rings. The summed E-state index contributed by atoms with van der Waals surface area (Å²) in [7, 11) is 0. The van der Waals surface area contributed by atoms with E-state index >= 15 is 0 Å². The Kier molecular flexibility index (Phi) is 8.12. The third-order valence-electron chi connectivity index (χ3n) is 4.88. The van der Waals surface area contributed by atoms with E-state index in [1.54, 1.807) is 24.3 Å². The van der Waals surface area contributed by atoms with Gasteiger partial charge in [-0.25, -0.2) is 4.79 Å². The van der Waals surface area contributed by atoms with Gasteiger partial charge in [0, 0.05) is 30.9 Å². The molecule has 0 bridgehead atoms. The van der Waals surface area contributed by atoms with Crippen molar-refractivity contribution in [3.8, 4) is 0 Å². The average molecular weight is 476 g/mol. The first kappa shape index (κ1) is 24.9. The minimum atomic E-state index is -1.16. The molecule has 1 unspecified atom stereocenters. The molecule has 0 aliphatic heterocycles. The number of hydrogen-bond acceptors (Lipinski definition) is 7. The lowest BCUT2D eigenvalue weighted by atomic mass is 10.1. The highest BCUT2D eigenvalue weighted by molar-refractivity contribution is 5.98. The van der Waals surface area contributed by atoms with E-state index in [9.17, 15) is 24.5 Å². The number of nitro benzene ring substituents is 1. The molecule has 0 saturated carbocycles. The molecule has 2 amide bonds. The molecule has 3 N–H and O–H groups in total. The van der Waals surface area contributed by atoms with Crippen LogP contribution in [0.25, 0.3) is 0 Å². The molecule has 10 nitrogen and oxygen atoms in total. The van der Waals surface area contributed by atoms with Gasteiger partial charge in [0.15, 0.2) is 6.10 Å². The van der Waals surface area contributed by atoms with Gasteiger partial charge in [0.2, 0.25) is 5.91 Å². The summed E-state index contributed by atoms with van der Waals surface area (Å²) in [5, 5.41) is 19.8. The van der Waals surface area contributed by atoms with Crippen molar-refractivity contribution in [1.29, 1.82) is 0 Å². The standard InChI is InChI=1S/C25H24N4O6/c1-16(24(31)28-21-11-9-20(10-12-21)27-17(2)30)35-25(32)19-8-13-22(23(14-19)29(33)34)26-15-18-6-4-3-5-7-18/h3-14,16,26H,15H2,1-2H3,(H,27,30)(H,28,31). The fourth-order valence-electron chi connectivity index (χ4n) is 3.12. The largest absolute Gasteiger partial charge is 0.449 e. The first-order valence-corrected chi connectivity index (χ1v) is 10.7. The van der Waals surface area contributed by atoms with E-state index in [4.69, 9.17) is 4.74 Å². The number of esters is 1. The number of rotatable bonds is 9. The molecular weight excluding hydrogens is 452 g/mol. The molecule has 3 rings (SSSR count). The summed E-state index contributed by atoms with van der Waals surface area (Å²) in [6.45, 7) is 3.15. The topological polar surface area (TPSA) is 140 Å². The second kappa shape index (κ2) is 11.4. The van der Waals surface area contributed by atoms with Crippen LogP contribution >= 0.6 is 0 Å². The normalized spacial score (nSPS) is 11.1. The van der Waals surface area contributed by atoms with Gasteiger partial charge in [-0.3, -0.25) is 19.7 Å². The van der Waals surface area contributed by atoms with Crippen molar-refractivity contribution in [1.82, 2.24) is 0 Å². The molecule has 0 heterocycles. The quantitative estimate of drug-likeness (QED) is 0.237. The Morgan fingerprint density at radius 2 is 1.57 bits per heavy atom. The monoisotopic (exact) mass is 476 g/mol. The number of nitro groups is 1. The van der Waals surface area contributed by atoms with E-state index in [0.29, 0.717) is 17.9 Å². The van der Waals surface area contributed by atoms with Crippen LogP contribution in [0.1, 0.15) is 29.8 Å². The van der Waals surface area contributed by atoms with Crippen molar-refractivity contribution in [2.24, 2.45) is 0 Å². The summed E-state index contributed by atoms with van der Waals surface area (Å²) in [6, 6.07) is 19.7. The summed E-state index contributed by atoms with van der Waals surface area (Å²) in [6.07, 6.45) is -1.16. The smallest absolute Gasteiger partial charge is 0.339 e. The number of carbonyl (C=O) groups excluding carboxylic acids is 3. The van der Waals surface area contributed by atoms with Gasteiger partial charge >= 0.3 is 5.97 Å². The van der Waals surface area contributed by atoms with Crippen LogP contribution in [0.4, 0.5) is 22.7 Å². The molecule has 180 valence electrons. The molecule has 1 atom stereocenters. The lowest BCUT2D eigenvalue weighted by molar-refractivity contribution is -0.384. The highest BCUT2D eigenvalue weighted by Crippen LogP contribution is 2.27. The van der Waals surface area contributed by atoms with Crippen molar-refractivity contribution in [2.75, 3.05) is 16.0 Å². The van der Waals surface area contributed by atoms with Crippen molar-refractivity contribution in [2.45, 2.75) is 26.5 Å². The fourth-order valence-corrected chi connectivity index (χ4v) is 3.12. The Hall–Kier alpha value is -4.73. The molecule has 0 spiro atoms. The maximum Gasteiger partial charge on any atom is 0.339 e. The van der Waals surface area contributed by atoms with E-state index < -0.39 is 22.9 Å². The van der Waals surface area contributed by atoms with Crippen LogP contribution in [0.5, 0.6) is 0 Å². The van der Waals surface area contributed by atoms with Gasteiger partial charge in [-0.1, -0.05) is 30.3 Å². The number of hydrogen-bond donors (Lipinski definition) is 3. The van der Waals surface area contributed by atoms with E-state index in [1.165, 1.54) is 26.0 Å². The van der Waals surface area contributed by atoms with Gasteiger partial charge in [0.05, 0.1) is 10.5 Å². The van der Waals surface area contributed by atoms with Crippen LogP contribution in [0.2, 0.25) is 0 Å². The van der Waals surface area contributed by atoms with Gasteiger partial charge < -0.3 is 20.7 Å². The Labute approximate surface area is 201 Å². The molecule has 0 radical (unpaired) electrons. The van der Waals surface area contributed by atoms with E-state index in [2.05, 4.69) is 16.0 Å². The number of ether oxygens (including phenoxy) is 1. The van der Waals surface area contributed by atoms with Crippen LogP contribution < -0.4 is 16.0 Å². The molecule has 0 fully saturated rings. The predicted molar refractivity (Wildman–Crippen MR) is 131 cm³/mol. The lowest BCUT2D eigenvalue weighted by Crippen LogP contribution is -2.30. The highest BCUT2D eigenvalue weighted by atomic mass is 16.6. The van der Waals surface area contributed by atoms with Gasteiger partial charge in [-0.05, 0) is 48.9 Å². The SMILES string of the molecule is CC(=O)Nc1ccc(NC(=O)C(C)OC(=O)c2ccc(NCc3ccccc3)c([N+](=O)[O-])c2)cc1. The Balaban J connectivity index is 1.62. The minimum Gasteiger partial charge on any atom is -0.449 e. The zero-order chi connectivity index (χ0) is 25.4. The molecule has 0 aromatic heterocycles. The summed E-state index contributed by atoms with van der Waals surface area (Å²) in [4.78, 5) is 47.0. The molecule has 0 aliphatic carbocycles. The number of benzene rings is 3.